The third-order valence-electron chi connectivity index (χ3n) is 5.64. The maximum Gasteiger partial charge on any atom is 0.193 e. The van der Waals surface area contributed by atoms with Crippen molar-refractivity contribution in [3.8, 4) is 0 Å². The van der Waals surface area contributed by atoms with E-state index in [0.717, 1.165) is 11.8 Å². The van der Waals surface area contributed by atoms with Crippen LogP contribution in [0.4, 0.5) is 0 Å². The number of allylic oxidation sites excluding steroid dienone is 1. The van der Waals surface area contributed by atoms with Crippen LogP contribution in [0.2, 0.25) is 18.1 Å². The van der Waals surface area contributed by atoms with E-state index >= 15 is 0 Å². The molecule has 4 heteroatoms. The molecular weight excluding hydrogens is 376 g/mol. The van der Waals surface area contributed by atoms with Crippen LogP contribution in [0.5, 0.6) is 0 Å². The van der Waals surface area contributed by atoms with Gasteiger partial charge in [0.05, 0.1) is 12.7 Å². The van der Waals surface area contributed by atoms with Crippen LogP contribution in [0, 0.1) is 5.92 Å². The largest absolute Gasteiger partial charge is 0.407 e. The Labute approximate surface area is 177 Å². The highest BCUT2D eigenvalue weighted by Gasteiger charge is 2.40. The van der Waals surface area contributed by atoms with Crippen LogP contribution < -0.4 is 0 Å². The Morgan fingerprint density at radius 2 is 1.62 bits per heavy atom. The van der Waals surface area contributed by atoms with Gasteiger partial charge in [-0.25, -0.2) is 0 Å². The Morgan fingerprint density at radius 3 is 2.21 bits per heavy atom. The van der Waals surface area contributed by atoms with Crippen molar-refractivity contribution in [3.05, 3.63) is 60.2 Å². The third kappa shape index (κ3) is 6.63. The molecule has 0 saturated heterocycles. The molecule has 3 nitrogen and oxygen atoms in total. The first-order valence-electron chi connectivity index (χ1n) is 10.4. The van der Waals surface area contributed by atoms with Gasteiger partial charge in [-0.3, -0.25) is 0 Å². The van der Waals surface area contributed by atoms with Crippen molar-refractivity contribution in [1.29, 1.82) is 0 Å². The molecule has 158 valence electrons. The average molecular weight is 413 g/mol. The summed E-state index contributed by atoms with van der Waals surface area (Å²) in [6.45, 7) is 15.6. The van der Waals surface area contributed by atoms with E-state index in [9.17, 15) is 4.79 Å². The zero-order chi connectivity index (χ0) is 21.7. The summed E-state index contributed by atoms with van der Waals surface area (Å²) in [7, 11) is -2.05. The van der Waals surface area contributed by atoms with E-state index in [1.807, 2.05) is 18.2 Å². The zero-order valence-corrected chi connectivity index (χ0v) is 19.9. The molecule has 2 atom stereocenters. The van der Waals surface area contributed by atoms with E-state index in [4.69, 9.17) is 9.16 Å². The summed E-state index contributed by atoms with van der Waals surface area (Å²) in [6.07, 6.45) is 3.96. The quantitative estimate of drug-likeness (QED) is 0.267. The number of aldehydes is 1. The average Bonchev–Trinajstić information content (AvgIpc) is 2.65. The number of carbonyl (C=O) groups excluding carboxylic acids is 1. The van der Waals surface area contributed by atoms with Crippen molar-refractivity contribution in [2.24, 2.45) is 5.92 Å². The molecule has 0 unspecified atom stereocenters. The Kier molecular flexibility index (Phi) is 7.98. The number of rotatable bonds is 9. The van der Waals surface area contributed by atoms with E-state index in [1.165, 1.54) is 10.8 Å². The van der Waals surface area contributed by atoms with Crippen LogP contribution in [0.15, 0.2) is 54.6 Å². The van der Waals surface area contributed by atoms with Crippen molar-refractivity contribution < 1.29 is 14.0 Å². The van der Waals surface area contributed by atoms with E-state index in [0.29, 0.717) is 12.5 Å². The number of hydrogen-bond acceptors (Lipinski definition) is 3. The van der Waals surface area contributed by atoms with Gasteiger partial charge in [0.2, 0.25) is 0 Å². The lowest BCUT2D eigenvalue weighted by Crippen LogP contribution is -2.47. The normalized spacial score (nSPS) is 15.2. The fourth-order valence-electron chi connectivity index (χ4n) is 2.80. The summed E-state index contributed by atoms with van der Waals surface area (Å²) in [5.74, 6) is 0.383. The molecule has 0 heterocycles. The number of benzene rings is 2. The number of carbonyl (C=O) groups is 1. The van der Waals surface area contributed by atoms with Gasteiger partial charge in [0.1, 0.15) is 6.10 Å². The minimum atomic E-state index is -2.05. The second kappa shape index (κ2) is 9.83. The van der Waals surface area contributed by atoms with Gasteiger partial charge in [-0.15, -0.1) is 0 Å². The van der Waals surface area contributed by atoms with E-state index in [2.05, 4.69) is 84.1 Å². The lowest BCUT2D eigenvalue weighted by atomic mass is 10.1. The molecule has 0 amide bonds. The molecule has 2 aromatic carbocycles. The van der Waals surface area contributed by atoms with Crippen molar-refractivity contribution in [2.75, 3.05) is 0 Å². The number of hydrogen-bond donors (Lipinski definition) is 0. The fourth-order valence-corrected chi connectivity index (χ4v) is 4.04. The molecule has 0 aliphatic rings. The topological polar surface area (TPSA) is 35.5 Å². The van der Waals surface area contributed by atoms with Crippen LogP contribution in [0.3, 0.4) is 0 Å². The zero-order valence-electron chi connectivity index (χ0n) is 18.9. The molecule has 2 aromatic rings. The molecule has 2 rings (SSSR count). The molecule has 0 aliphatic heterocycles. The monoisotopic (exact) mass is 412 g/mol. The summed E-state index contributed by atoms with van der Waals surface area (Å²) in [4.78, 5) is 11.9. The highest BCUT2D eigenvalue weighted by molar-refractivity contribution is 6.74. The first-order valence-corrected chi connectivity index (χ1v) is 13.3. The molecule has 0 spiro atoms. The molecule has 29 heavy (non-hydrogen) atoms. The molecule has 0 bridgehead atoms. The van der Waals surface area contributed by atoms with Crippen molar-refractivity contribution in [3.63, 3.8) is 0 Å². The van der Waals surface area contributed by atoms with Crippen molar-refractivity contribution in [2.45, 2.75) is 71.6 Å². The van der Waals surface area contributed by atoms with E-state index < -0.39 is 14.4 Å². The van der Waals surface area contributed by atoms with Gasteiger partial charge in [-0.05, 0) is 46.5 Å². The summed E-state index contributed by atoms with van der Waals surface area (Å²) in [5.41, 5.74) is 1.05. The van der Waals surface area contributed by atoms with Gasteiger partial charge < -0.3 is 14.0 Å². The maximum absolute atomic E-state index is 11.9. The fraction of sp³-hybridized carbons (Fsp3) is 0.480. The summed E-state index contributed by atoms with van der Waals surface area (Å²) < 4.78 is 12.6. The molecule has 0 saturated carbocycles. The number of fused-ring (bicyclic) bond motifs is 1. The van der Waals surface area contributed by atoms with Crippen LogP contribution in [0.1, 0.15) is 40.2 Å². The standard InChI is InChI=1S/C25H36O3Si/c1-19(2)12-15-23(28-29(6,7)25(3,4)5)24(17-26)27-18-20-13-14-21-10-8-9-11-22(21)16-20/h8-17,19,23-24H,18H2,1-7H3/b15-12+/t23-,24-/m1/s1. The van der Waals surface area contributed by atoms with Crippen LogP contribution in [-0.4, -0.2) is 26.8 Å². The van der Waals surface area contributed by atoms with Crippen LogP contribution in [0.25, 0.3) is 10.8 Å². The van der Waals surface area contributed by atoms with E-state index in [1.54, 1.807) is 0 Å². The van der Waals surface area contributed by atoms with Crippen LogP contribution in [-0.2, 0) is 20.6 Å². The maximum atomic E-state index is 11.9. The summed E-state index contributed by atoms with van der Waals surface area (Å²) in [6, 6.07) is 14.5. The Morgan fingerprint density at radius 1 is 0.966 bits per heavy atom. The Bertz CT molecular complexity index is 833. The van der Waals surface area contributed by atoms with Gasteiger partial charge in [0.15, 0.2) is 14.6 Å². The Hall–Kier alpha value is -1.75. The minimum absolute atomic E-state index is 0.0582. The second-order valence-corrected chi connectivity index (χ2v) is 14.3. The molecule has 0 aromatic heterocycles. The van der Waals surface area contributed by atoms with Crippen molar-refractivity contribution >= 4 is 25.4 Å². The van der Waals surface area contributed by atoms with Gasteiger partial charge >= 0.3 is 0 Å². The molecule has 0 N–H and O–H groups in total. The molecular formula is C25H36O3Si. The highest BCUT2D eigenvalue weighted by Crippen LogP contribution is 2.38. The first-order chi connectivity index (χ1) is 13.5. The molecule has 0 radical (unpaired) electrons. The van der Waals surface area contributed by atoms with Crippen molar-refractivity contribution in [1.82, 2.24) is 0 Å². The summed E-state index contributed by atoms with van der Waals surface area (Å²) in [5, 5.41) is 2.43. The van der Waals surface area contributed by atoms with Gasteiger partial charge in [0, 0.05) is 0 Å². The van der Waals surface area contributed by atoms with E-state index in [-0.39, 0.29) is 11.1 Å². The second-order valence-electron chi connectivity index (χ2n) is 9.56. The van der Waals surface area contributed by atoms with Gasteiger partial charge in [-0.1, -0.05) is 83.2 Å². The first kappa shape index (κ1) is 23.5. The van der Waals surface area contributed by atoms with Crippen LogP contribution >= 0.6 is 0 Å². The predicted octanol–water partition coefficient (Wildman–Crippen LogP) is 6.53. The predicted molar refractivity (Wildman–Crippen MR) is 125 cm³/mol. The highest BCUT2D eigenvalue weighted by atomic mass is 28.4. The Balaban J connectivity index is 2.18. The smallest absolute Gasteiger partial charge is 0.193 e. The van der Waals surface area contributed by atoms with Gasteiger partial charge in [-0.2, -0.15) is 0 Å². The minimum Gasteiger partial charge on any atom is -0.407 e. The number of ether oxygens (including phenoxy) is 1. The SMILES string of the molecule is CC(C)/C=C/[C@@H](O[Si](C)(C)C(C)(C)C)[C@@H](C=O)OCc1ccc2ccccc2c1. The lowest BCUT2D eigenvalue weighted by Gasteiger charge is -2.39. The lowest BCUT2D eigenvalue weighted by molar-refractivity contribution is -0.123. The summed E-state index contributed by atoms with van der Waals surface area (Å²) >= 11 is 0. The molecule has 0 aliphatic carbocycles. The van der Waals surface area contributed by atoms with Gasteiger partial charge in [0.25, 0.3) is 0 Å². The molecule has 0 fully saturated rings. The third-order valence-corrected chi connectivity index (χ3v) is 10.1.